The van der Waals surface area contributed by atoms with Gasteiger partial charge in [0, 0.05) is 36.4 Å². The molecule has 0 N–H and O–H groups in total. The molecule has 0 aliphatic heterocycles. The maximum atomic E-state index is 4.57. The van der Waals surface area contributed by atoms with Crippen LogP contribution in [-0.4, -0.2) is 21.9 Å². The fourth-order valence-electron chi connectivity index (χ4n) is 2.95. The number of fused-ring (bicyclic) bond motifs is 1. The van der Waals surface area contributed by atoms with Crippen LogP contribution < -0.4 is 0 Å². The normalized spacial score (nSPS) is 10.3. The first-order chi connectivity index (χ1) is 12.7. The first-order valence-electron chi connectivity index (χ1n) is 8.97. The van der Waals surface area contributed by atoms with E-state index in [4.69, 9.17) is 0 Å². The van der Waals surface area contributed by atoms with Crippen LogP contribution >= 0.6 is 0 Å². The monoisotopic (exact) mass is 345 g/mol. The largest absolute Gasteiger partial charge is 0.295 e. The molecule has 3 nitrogen and oxygen atoms in total. The molecule has 0 spiro atoms. The van der Waals surface area contributed by atoms with Crippen molar-refractivity contribution >= 4 is 22.9 Å². The van der Waals surface area contributed by atoms with Gasteiger partial charge in [-0.1, -0.05) is 63.4 Å². The third-order valence-corrected chi connectivity index (χ3v) is 4.13. The molecule has 0 bridgehead atoms. The van der Waals surface area contributed by atoms with Crippen molar-refractivity contribution in [2.24, 2.45) is 0 Å². The highest BCUT2D eigenvalue weighted by molar-refractivity contribution is 5.84. The van der Waals surface area contributed by atoms with Gasteiger partial charge >= 0.3 is 0 Å². The lowest BCUT2D eigenvalue weighted by molar-refractivity contribution is 0.312. The van der Waals surface area contributed by atoms with Crippen molar-refractivity contribution in [1.82, 2.24) is 14.9 Å². The van der Waals surface area contributed by atoms with Crippen molar-refractivity contribution in [3.8, 4) is 0 Å². The summed E-state index contributed by atoms with van der Waals surface area (Å²) in [6.07, 6.45) is 7.39. The fourth-order valence-corrected chi connectivity index (χ4v) is 2.95. The molecule has 0 unspecified atom stereocenters. The summed E-state index contributed by atoms with van der Waals surface area (Å²) >= 11 is 0. The molecule has 2 heterocycles. The van der Waals surface area contributed by atoms with Gasteiger partial charge in [0.25, 0.3) is 0 Å². The molecule has 0 saturated carbocycles. The Hall–Kier alpha value is -2.78. The molecule has 0 amide bonds. The maximum Gasteiger partial charge on any atom is 0.0622 e. The molecule has 0 radical (unpaired) electrons. The molecule has 3 rings (SSSR count). The van der Waals surface area contributed by atoms with Crippen LogP contribution in [0.3, 0.4) is 0 Å². The predicted octanol–water partition coefficient (Wildman–Crippen LogP) is 5.57. The van der Waals surface area contributed by atoms with Crippen LogP contribution in [0.15, 0.2) is 61.9 Å². The number of hydrogen-bond acceptors (Lipinski definition) is 3. The number of rotatable bonds is 6. The van der Waals surface area contributed by atoms with Gasteiger partial charge in [-0.25, -0.2) is 0 Å². The summed E-state index contributed by atoms with van der Waals surface area (Å²) in [5.74, 6) is 0. The molecule has 1 aromatic carbocycles. The van der Waals surface area contributed by atoms with Crippen LogP contribution in [0.2, 0.25) is 0 Å². The number of pyridine rings is 2. The van der Waals surface area contributed by atoms with E-state index in [9.17, 15) is 0 Å². The lowest BCUT2D eigenvalue weighted by Crippen LogP contribution is -2.19. The second-order valence-electron chi connectivity index (χ2n) is 5.82. The summed E-state index contributed by atoms with van der Waals surface area (Å²) in [5, 5.41) is 2.41. The molecular weight excluding hydrogens is 318 g/mol. The Morgan fingerprint density at radius 3 is 2.27 bits per heavy atom. The molecule has 3 heteroatoms. The fraction of sp³-hybridized carbons (Fsp3) is 0.217. The van der Waals surface area contributed by atoms with Gasteiger partial charge in [-0.3, -0.25) is 14.9 Å². The first-order valence-corrected chi connectivity index (χ1v) is 8.97. The summed E-state index contributed by atoms with van der Waals surface area (Å²) in [5.41, 5.74) is 4.19. The first kappa shape index (κ1) is 19.5. The van der Waals surface area contributed by atoms with Crippen LogP contribution in [-0.2, 0) is 13.1 Å². The van der Waals surface area contributed by atoms with Crippen molar-refractivity contribution in [3.63, 3.8) is 0 Å². The summed E-state index contributed by atoms with van der Waals surface area (Å²) in [4.78, 5) is 11.3. The summed E-state index contributed by atoms with van der Waals surface area (Å²) in [6, 6.07) is 12.3. The van der Waals surface area contributed by atoms with Crippen LogP contribution in [0, 0.1) is 0 Å². The van der Waals surface area contributed by atoms with Gasteiger partial charge in [0.1, 0.15) is 0 Å². The van der Waals surface area contributed by atoms with Gasteiger partial charge in [-0.15, -0.1) is 0 Å². The van der Waals surface area contributed by atoms with E-state index in [0.29, 0.717) is 0 Å². The van der Waals surface area contributed by atoms with Crippen molar-refractivity contribution < 1.29 is 0 Å². The van der Waals surface area contributed by atoms with E-state index in [-0.39, 0.29) is 0 Å². The second kappa shape index (κ2) is 9.64. The minimum Gasteiger partial charge on any atom is -0.295 e. The number of aromatic nitrogens is 2. The van der Waals surface area contributed by atoms with Gasteiger partial charge in [-0.05, 0) is 30.1 Å². The van der Waals surface area contributed by atoms with Crippen molar-refractivity contribution in [3.05, 3.63) is 84.5 Å². The van der Waals surface area contributed by atoms with Crippen molar-refractivity contribution in [1.29, 1.82) is 0 Å². The summed E-state index contributed by atoms with van der Waals surface area (Å²) in [6.45, 7) is 13.3. The zero-order chi connectivity index (χ0) is 18.9. The Bertz CT molecular complexity index is 878. The maximum absolute atomic E-state index is 4.57. The van der Waals surface area contributed by atoms with Gasteiger partial charge < -0.3 is 0 Å². The summed E-state index contributed by atoms with van der Waals surface area (Å²) < 4.78 is 0. The number of hydrogen-bond donors (Lipinski definition) is 0. The molecule has 0 atom stereocenters. The third kappa shape index (κ3) is 4.44. The van der Waals surface area contributed by atoms with Crippen LogP contribution in [0.25, 0.3) is 22.9 Å². The van der Waals surface area contributed by atoms with E-state index in [1.54, 1.807) is 0 Å². The Balaban J connectivity index is 0.00000117. The quantitative estimate of drug-likeness (QED) is 0.584. The van der Waals surface area contributed by atoms with Gasteiger partial charge in [0.2, 0.25) is 0 Å². The van der Waals surface area contributed by atoms with Crippen LogP contribution in [0.4, 0.5) is 0 Å². The van der Waals surface area contributed by atoms with E-state index in [2.05, 4.69) is 59.3 Å². The number of benzene rings is 1. The van der Waals surface area contributed by atoms with E-state index >= 15 is 0 Å². The van der Waals surface area contributed by atoms with Gasteiger partial charge in [0.15, 0.2) is 0 Å². The SMILES string of the molecule is C=Cc1ccnc(CN(C)Cc2nccc3ccccc23)c1C=C.CC. The standard InChI is InChI=1S/C21H21N3.C2H6/c1-4-16-10-12-22-20(18(16)5-2)14-24(3)15-21-19-9-7-6-8-17(19)11-13-23-21;1-2/h4-13H,1-2,14-15H2,3H3;1-2H3. The molecule has 0 aliphatic rings. The molecule has 0 aliphatic carbocycles. The van der Waals surface area contributed by atoms with Gasteiger partial charge in [0.05, 0.1) is 11.4 Å². The third-order valence-electron chi connectivity index (χ3n) is 4.13. The molecular formula is C23H27N3. The highest BCUT2D eigenvalue weighted by Gasteiger charge is 2.10. The Morgan fingerprint density at radius 1 is 0.885 bits per heavy atom. The van der Waals surface area contributed by atoms with E-state index in [1.807, 2.05) is 50.5 Å². The Kier molecular flexibility index (Phi) is 7.24. The molecule has 134 valence electrons. The molecule has 3 aromatic rings. The average molecular weight is 345 g/mol. The molecule has 0 fully saturated rings. The highest BCUT2D eigenvalue weighted by atomic mass is 15.1. The topological polar surface area (TPSA) is 29.0 Å². The smallest absolute Gasteiger partial charge is 0.0622 e. The predicted molar refractivity (Wildman–Crippen MR) is 113 cm³/mol. The minimum atomic E-state index is 0.730. The molecule has 0 saturated heterocycles. The van der Waals surface area contributed by atoms with Crippen molar-refractivity contribution in [2.75, 3.05) is 7.05 Å². The molecule has 26 heavy (non-hydrogen) atoms. The zero-order valence-corrected chi connectivity index (χ0v) is 15.9. The Morgan fingerprint density at radius 2 is 1.54 bits per heavy atom. The van der Waals surface area contributed by atoms with E-state index in [1.165, 1.54) is 10.8 Å². The molecule has 2 aromatic heterocycles. The lowest BCUT2D eigenvalue weighted by Gasteiger charge is -2.18. The lowest BCUT2D eigenvalue weighted by atomic mass is 10.1. The Labute approximate surface area is 156 Å². The second-order valence-corrected chi connectivity index (χ2v) is 5.82. The zero-order valence-electron chi connectivity index (χ0n) is 15.9. The highest BCUT2D eigenvalue weighted by Crippen LogP contribution is 2.20. The van der Waals surface area contributed by atoms with E-state index in [0.717, 1.165) is 35.6 Å². The number of nitrogens with zero attached hydrogens (tertiary/aromatic N) is 3. The minimum absolute atomic E-state index is 0.730. The van der Waals surface area contributed by atoms with Crippen LogP contribution in [0.5, 0.6) is 0 Å². The van der Waals surface area contributed by atoms with E-state index < -0.39 is 0 Å². The summed E-state index contributed by atoms with van der Waals surface area (Å²) in [7, 11) is 2.08. The van der Waals surface area contributed by atoms with Crippen molar-refractivity contribution in [2.45, 2.75) is 26.9 Å². The van der Waals surface area contributed by atoms with Gasteiger partial charge in [-0.2, -0.15) is 0 Å². The average Bonchev–Trinajstić information content (AvgIpc) is 2.69. The van der Waals surface area contributed by atoms with Crippen LogP contribution in [0.1, 0.15) is 36.4 Å².